The molecule has 10 heteroatoms. The topological polar surface area (TPSA) is 81.5 Å². The molecule has 1 aliphatic rings. The van der Waals surface area contributed by atoms with Crippen LogP contribution >= 0.6 is 0 Å². The number of rotatable bonds is 5. The van der Waals surface area contributed by atoms with E-state index in [1.807, 2.05) is 35.9 Å². The molecule has 7 nitrogen and oxygen atoms in total. The fourth-order valence-electron chi connectivity index (χ4n) is 4.49. The number of nitrogens with zero attached hydrogens (tertiary/aromatic N) is 6. The Balaban J connectivity index is 1.49. The van der Waals surface area contributed by atoms with E-state index < -0.39 is 22.9 Å². The number of imidazole rings is 1. The maximum Gasteiger partial charge on any atom is 0.194 e. The number of aryl methyl sites for hydroxylation is 2. The zero-order chi connectivity index (χ0) is 25.4. The van der Waals surface area contributed by atoms with Crippen molar-refractivity contribution < 1.29 is 17.9 Å². The summed E-state index contributed by atoms with van der Waals surface area (Å²) in [6.45, 7) is 2.40. The summed E-state index contributed by atoms with van der Waals surface area (Å²) in [5.74, 6) is -3.01. The van der Waals surface area contributed by atoms with Crippen LogP contribution in [-0.2, 0) is 12.0 Å². The first kappa shape index (κ1) is 23.4. The Hall–Kier alpha value is -4.39. The predicted molar refractivity (Wildman–Crippen MR) is 126 cm³/mol. The Kier molecular flexibility index (Phi) is 5.84. The van der Waals surface area contributed by atoms with Crippen molar-refractivity contribution in [1.82, 2.24) is 24.3 Å². The highest BCUT2D eigenvalue weighted by molar-refractivity contribution is 5.69. The van der Waals surface area contributed by atoms with Gasteiger partial charge in [-0.2, -0.15) is 10.4 Å². The highest BCUT2D eigenvalue weighted by atomic mass is 19.2. The number of hydrogen-bond donors (Lipinski definition) is 0. The molecule has 2 aromatic carbocycles. The van der Waals surface area contributed by atoms with E-state index in [9.17, 15) is 18.4 Å². The number of fused-ring (bicyclic) bond motifs is 1. The molecule has 1 unspecified atom stereocenters. The number of nitriles is 1. The van der Waals surface area contributed by atoms with Crippen LogP contribution in [-0.4, -0.2) is 31.4 Å². The Labute approximate surface area is 205 Å². The third kappa shape index (κ3) is 3.92. The molecule has 2 aromatic heterocycles. The van der Waals surface area contributed by atoms with Crippen molar-refractivity contribution in [2.24, 2.45) is 0 Å². The fraction of sp³-hybridized carbons (Fsp3) is 0.231. The zero-order valence-corrected chi connectivity index (χ0v) is 19.5. The highest BCUT2D eigenvalue weighted by Crippen LogP contribution is 2.39. The Bertz CT molecular complexity index is 1510. The number of hydrogen-bond acceptors (Lipinski definition) is 5. The minimum absolute atomic E-state index is 0.0142. The largest absolute Gasteiger partial charge is 0.495 e. The second kappa shape index (κ2) is 9.00. The highest BCUT2D eigenvalue weighted by Gasteiger charge is 2.43. The maximum absolute atomic E-state index is 14.0. The molecule has 1 atom stereocenters. The molecule has 0 saturated carbocycles. The van der Waals surface area contributed by atoms with E-state index in [1.54, 1.807) is 30.3 Å². The third-order valence-corrected chi connectivity index (χ3v) is 6.28. The van der Waals surface area contributed by atoms with E-state index >= 15 is 0 Å². The normalized spacial score (nSPS) is 17.2. The summed E-state index contributed by atoms with van der Waals surface area (Å²) < 4.78 is 50.5. The van der Waals surface area contributed by atoms with Crippen LogP contribution in [0.25, 0.3) is 17.8 Å². The second-order valence-electron chi connectivity index (χ2n) is 8.58. The monoisotopic (exact) mass is 490 g/mol. The van der Waals surface area contributed by atoms with Gasteiger partial charge in [-0.3, -0.25) is 0 Å². The first-order valence-corrected chi connectivity index (χ1v) is 11.2. The van der Waals surface area contributed by atoms with Gasteiger partial charge in [0.25, 0.3) is 0 Å². The van der Waals surface area contributed by atoms with Crippen molar-refractivity contribution in [3.63, 3.8) is 0 Å². The number of methoxy groups -OCH3 is 1. The maximum atomic E-state index is 14.0. The van der Waals surface area contributed by atoms with Crippen molar-refractivity contribution in [1.29, 1.82) is 5.26 Å². The molecule has 182 valence electrons. The van der Waals surface area contributed by atoms with Crippen LogP contribution < -0.4 is 4.74 Å². The molecule has 0 N–H and O–H groups in total. The summed E-state index contributed by atoms with van der Waals surface area (Å²) >= 11 is 0. The molecule has 0 saturated heterocycles. The van der Waals surface area contributed by atoms with Crippen molar-refractivity contribution in [2.45, 2.75) is 31.7 Å². The van der Waals surface area contributed by atoms with Gasteiger partial charge in [-0.15, -0.1) is 0 Å². The van der Waals surface area contributed by atoms with Crippen molar-refractivity contribution >= 4 is 12.2 Å². The van der Waals surface area contributed by atoms with Gasteiger partial charge in [-0.05, 0) is 61.2 Å². The summed E-state index contributed by atoms with van der Waals surface area (Å²) in [7, 11) is 1.59. The minimum atomic E-state index is -1.57. The molecule has 4 aromatic rings. The fourth-order valence-corrected chi connectivity index (χ4v) is 4.49. The third-order valence-electron chi connectivity index (χ3n) is 6.28. The number of benzene rings is 2. The molecule has 0 amide bonds. The summed E-state index contributed by atoms with van der Waals surface area (Å²) in [5.41, 5.74) is 1.12. The van der Waals surface area contributed by atoms with Crippen LogP contribution in [0, 0.1) is 35.7 Å². The van der Waals surface area contributed by atoms with Gasteiger partial charge in [-0.25, -0.2) is 27.8 Å². The molecule has 1 aliphatic heterocycles. The molecule has 0 aliphatic carbocycles. The molecule has 0 radical (unpaired) electrons. The minimum Gasteiger partial charge on any atom is -0.495 e. The Morgan fingerprint density at radius 2 is 1.92 bits per heavy atom. The lowest BCUT2D eigenvalue weighted by molar-refractivity contribution is 0.385. The molecule has 5 rings (SSSR count). The SMILES string of the molecule is COc1cc(/C=C/c2nc3n(n2)CCCC3(C#N)c2cc(F)c(F)c(F)c2)ccc1-n1cnc(C)c1. The van der Waals surface area contributed by atoms with Gasteiger partial charge in [0.15, 0.2) is 29.1 Å². The smallest absolute Gasteiger partial charge is 0.194 e. The Morgan fingerprint density at radius 1 is 1.14 bits per heavy atom. The van der Waals surface area contributed by atoms with E-state index in [1.165, 1.54) is 0 Å². The van der Waals surface area contributed by atoms with Crippen molar-refractivity contribution in [3.05, 3.63) is 88.8 Å². The van der Waals surface area contributed by atoms with E-state index in [4.69, 9.17) is 4.74 Å². The second-order valence-corrected chi connectivity index (χ2v) is 8.58. The van der Waals surface area contributed by atoms with Gasteiger partial charge in [0, 0.05) is 12.7 Å². The first-order valence-electron chi connectivity index (χ1n) is 11.2. The van der Waals surface area contributed by atoms with E-state index in [2.05, 4.69) is 21.1 Å². The average molecular weight is 490 g/mol. The van der Waals surface area contributed by atoms with E-state index in [-0.39, 0.29) is 17.8 Å². The first-order chi connectivity index (χ1) is 17.3. The van der Waals surface area contributed by atoms with Crippen LogP contribution in [0.1, 0.15) is 41.3 Å². The molecule has 0 spiro atoms. The molecule has 3 heterocycles. The van der Waals surface area contributed by atoms with Crippen molar-refractivity contribution in [2.75, 3.05) is 7.11 Å². The Morgan fingerprint density at radius 3 is 2.58 bits per heavy atom. The quantitative estimate of drug-likeness (QED) is 0.369. The molecule has 0 fully saturated rings. The van der Waals surface area contributed by atoms with Gasteiger partial charge >= 0.3 is 0 Å². The van der Waals surface area contributed by atoms with Crippen LogP contribution in [0.15, 0.2) is 42.9 Å². The van der Waals surface area contributed by atoms with Crippen molar-refractivity contribution in [3.8, 4) is 17.5 Å². The number of aromatic nitrogens is 5. The summed E-state index contributed by atoms with van der Waals surface area (Å²) in [6.07, 6.45) is 7.92. The van der Waals surface area contributed by atoms with Crippen LogP contribution in [0.3, 0.4) is 0 Å². The number of ether oxygens (including phenoxy) is 1. The van der Waals surface area contributed by atoms with E-state index in [0.29, 0.717) is 24.5 Å². The average Bonchev–Trinajstić information content (AvgIpc) is 3.51. The van der Waals surface area contributed by atoms with Gasteiger partial charge in [-0.1, -0.05) is 12.1 Å². The standard InChI is InChI=1S/C26H21F3N6O/c1-16-13-34(15-31-16)21-6-4-17(10-22(21)36-2)5-7-23-32-25-26(14-30,8-3-9-35(25)33-23)18-11-19(27)24(29)20(28)12-18/h4-7,10-13,15H,3,8-9H2,1-2H3/b7-5+. The summed E-state index contributed by atoms with van der Waals surface area (Å²) in [4.78, 5) is 8.76. The molecular formula is C26H21F3N6O. The predicted octanol–water partition coefficient (Wildman–Crippen LogP) is 4.97. The van der Waals surface area contributed by atoms with Gasteiger partial charge in [0.1, 0.15) is 11.2 Å². The lowest BCUT2D eigenvalue weighted by Crippen LogP contribution is -2.35. The lowest BCUT2D eigenvalue weighted by Gasteiger charge is -2.30. The van der Waals surface area contributed by atoms with Gasteiger partial charge in [0.2, 0.25) is 0 Å². The summed E-state index contributed by atoms with van der Waals surface area (Å²) in [5, 5.41) is 14.6. The molecular weight excluding hydrogens is 469 g/mol. The van der Waals surface area contributed by atoms with Crippen LogP contribution in [0.2, 0.25) is 0 Å². The molecule has 36 heavy (non-hydrogen) atoms. The van der Waals surface area contributed by atoms with E-state index in [0.717, 1.165) is 29.1 Å². The van der Waals surface area contributed by atoms with Crippen LogP contribution in [0.4, 0.5) is 13.2 Å². The van der Waals surface area contributed by atoms with Gasteiger partial charge in [0.05, 0.1) is 30.9 Å². The molecule has 0 bridgehead atoms. The number of halogens is 3. The zero-order valence-electron chi connectivity index (χ0n) is 19.5. The lowest BCUT2D eigenvalue weighted by atomic mass is 9.75. The van der Waals surface area contributed by atoms with Gasteiger partial charge < -0.3 is 9.30 Å². The summed E-state index contributed by atoms with van der Waals surface area (Å²) in [6, 6.07) is 9.55. The van der Waals surface area contributed by atoms with Crippen LogP contribution in [0.5, 0.6) is 5.75 Å².